The van der Waals surface area contributed by atoms with Crippen LogP contribution in [-0.2, 0) is 6.54 Å². The highest BCUT2D eigenvalue weighted by atomic mass is 15.1. The minimum atomic E-state index is -0.00360. The van der Waals surface area contributed by atoms with Crippen molar-refractivity contribution in [1.82, 2.24) is 20.2 Å². The Morgan fingerprint density at radius 2 is 2.12 bits per heavy atom. The van der Waals surface area contributed by atoms with Gasteiger partial charge in [-0.25, -0.2) is 4.98 Å². The lowest BCUT2D eigenvalue weighted by molar-refractivity contribution is 0.375. The third-order valence-corrected chi connectivity index (χ3v) is 5.37. The van der Waals surface area contributed by atoms with Crippen molar-refractivity contribution in [2.24, 2.45) is 10.7 Å². The van der Waals surface area contributed by atoms with Gasteiger partial charge in [-0.1, -0.05) is 30.7 Å². The summed E-state index contributed by atoms with van der Waals surface area (Å²) >= 11 is 0. The smallest absolute Gasteiger partial charge is 0.114 e. The molecule has 2 aliphatic rings. The van der Waals surface area contributed by atoms with Gasteiger partial charge < -0.3 is 20.9 Å². The second-order valence-electron chi connectivity index (χ2n) is 7.39. The van der Waals surface area contributed by atoms with Crippen molar-refractivity contribution in [2.45, 2.75) is 50.4 Å². The standard InChI is InChI=1S/C20H28N6/c21-18(11-17-3-1-2-8-23-17)20-24-12-19(25-20)16-6-4-15(5-7-16)13-26-10-9-22-14-26/h4-7,9-10,14,17-19,23H,1-3,8,11-13,21H2,(H,24,25). The number of nitrogens with two attached hydrogens (primary N) is 1. The molecule has 3 heterocycles. The van der Waals surface area contributed by atoms with Gasteiger partial charge in [-0.15, -0.1) is 0 Å². The maximum Gasteiger partial charge on any atom is 0.114 e. The first kappa shape index (κ1) is 17.2. The van der Waals surface area contributed by atoms with Crippen LogP contribution in [-0.4, -0.2) is 40.6 Å². The molecule has 26 heavy (non-hydrogen) atoms. The molecule has 1 fully saturated rings. The first-order valence-corrected chi connectivity index (χ1v) is 9.62. The van der Waals surface area contributed by atoms with Gasteiger partial charge in [0, 0.05) is 25.0 Å². The van der Waals surface area contributed by atoms with Crippen molar-refractivity contribution in [2.75, 3.05) is 13.1 Å². The number of benzene rings is 1. The fraction of sp³-hybridized carbons (Fsp3) is 0.500. The summed E-state index contributed by atoms with van der Waals surface area (Å²) in [5, 5.41) is 7.11. The van der Waals surface area contributed by atoms with E-state index in [4.69, 9.17) is 5.73 Å². The molecule has 3 unspecified atom stereocenters. The molecule has 0 amide bonds. The Labute approximate surface area is 154 Å². The third-order valence-electron chi connectivity index (χ3n) is 5.37. The summed E-state index contributed by atoms with van der Waals surface area (Å²) in [5.74, 6) is 0.963. The molecule has 6 heteroatoms. The molecule has 0 radical (unpaired) electrons. The van der Waals surface area contributed by atoms with Crippen molar-refractivity contribution in [3.8, 4) is 0 Å². The van der Waals surface area contributed by atoms with Crippen molar-refractivity contribution in [3.63, 3.8) is 0 Å². The second kappa shape index (κ2) is 8.01. The SMILES string of the molecule is NC(CC1CCCCN1)C1=NCC(c2ccc(Cn3ccnc3)cc2)N1. The average molecular weight is 352 g/mol. The molecule has 0 bridgehead atoms. The quantitative estimate of drug-likeness (QED) is 0.741. The lowest BCUT2D eigenvalue weighted by atomic mass is 9.98. The van der Waals surface area contributed by atoms with Crippen LogP contribution < -0.4 is 16.4 Å². The molecule has 4 N–H and O–H groups in total. The van der Waals surface area contributed by atoms with Gasteiger partial charge in [0.25, 0.3) is 0 Å². The van der Waals surface area contributed by atoms with Crippen LogP contribution in [0, 0.1) is 0 Å². The van der Waals surface area contributed by atoms with E-state index >= 15 is 0 Å². The van der Waals surface area contributed by atoms with Crippen molar-refractivity contribution >= 4 is 5.84 Å². The number of nitrogens with zero attached hydrogens (tertiary/aromatic N) is 3. The van der Waals surface area contributed by atoms with Crippen LogP contribution in [0.4, 0.5) is 0 Å². The Bertz CT molecular complexity index is 715. The lowest BCUT2D eigenvalue weighted by Gasteiger charge is -2.26. The zero-order chi connectivity index (χ0) is 17.8. The van der Waals surface area contributed by atoms with E-state index in [1.165, 1.54) is 30.4 Å². The predicted octanol–water partition coefficient (Wildman–Crippen LogP) is 1.83. The van der Waals surface area contributed by atoms with Crippen LogP contribution >= 0.6 is 0 Å². The minimum absolute atomic E-state index is 0.00360. The number of nitrogens with one attached hydrogen (secondary N) is 2. The molecule has 1 aromatic heterocycles. The Morgan fingerprint density at radius 1 is 1.23 bits per heavy atom. The number of aliphatic imine (C=N–C) groups is 1. The molecule has 1 saturated heterocycles. The Hall–Kier alpha value is -2.18. The number of imidazole rings is 1. The second-order valence-corrected chi connectivity index (χ2v) is 7.39. The number of piperidine rings is 1. The first-order chi connectivity index (χ1) is 12.8. The number of hydrogen-bond acceptors (Lipinski definition) is 5. The highest BCUT2D eigenvalue weighted by molar-refractivity contribution is 5.89. The fourth-order valence-electron chi connectivity index (χ4n) is 3.86. The molecule has 138 valence electrons. The summed E-state index contributed by atoms with van der Waals surface area (Å²) in [4.78, 5) is 8.77. The molecular formula is C20H28N6. The summed E-state index contributed by atoms with van der Waals surface area (Å²) in [6, 6.07) is 9.51. The Kier molecular flexibility index (Phi) is 5.32. The van der Waals surface area contributed by atoms with Gasteiger partial charge >= 0.3 is 0 Å². The zero-order valence-corrected chi connectivity index (χ0v) is 15.1. The molecule has 3 atom stereocenters. The van der Waals surface area contributed by atoms with Crippen molar-refractivity contribution < 1.29 is 0 Å². The highest BCUT2D eigenvalue weighted by Crippen LogP contribution is 2.20. The highest BCUT2D eigenvalue weighted by Gasteiger charge is 2.25. The van der Waals surface area contributed by atoms with Crippen LogP contribution in [0.1, 0.15) is 42.9 Å². The molecule has 2 aliphatic heterocycles. The van der Waals surface area contributed by atoms with Gasteiger partial charge in [-0.3, -0.25) is 4.99 Å². The van der Waals surface area contributed by atoms with E-state index in [1.807, 2.05) is 18.7 Å². The van der Waals surface area contributed by atoms with Crippen LogP contribution in [0.3, 0.4) is 0 Å². The monoisotopic (exact) mass is 352 g/mol. The van der Waals surface area contributed by atoms with E-state index < -0.39 is 0 Å². The number of hydrogen-bond donors (Lipinski definition) is 3. The fourth-order valence-corrected chi connectivity index (χ4v) is 3.86. The maximum atomic E-state index is 6.41. The van der Waals surface area contributed by atoms with Crippen LogP contribution in [0.15, 0.2) is 48.0 Å². The van der Waals surface area contributed by atoms with Gasteiger partial charge in [0.15, 0.2) is 0 Å². The molecule has 6 nitrogen and oxygen atoms in total. The topological polar surface area (TPSA) is 80.3 Å². The minimum Gasteiger partial charge on any atom is -0.364 e. The summed E-state index contributed by atoms with van der Waals surface area (Å²) in [5.41, 5.74) is 8.94. The summed E-state index contributed by atoms with van der Waals surface area (Å²) in [6.07, 6.45) is 10.4. The number of rotatable bonds is 6. The summed E-state index contributed by atoms with van der Waals surface area (Å²) in [6.45, 7) is 2.73. The molecule has 1 aromatic carbocycles. The normalized spacial score (nSPS) is 24.1. The molecular weight excluding hydrogens is 324 g/mol. The Balaban J connectivity index is 1.31. The summed E-state index contributed by atoms with van der Waals surface area (Å²) < 4.78 is 2.07. The van der Waals surface area contributed by atoms with E-state index in [2.05, 4.69) is 49.4 Å². The number of amidine groups is 1. The van der Waals surface area contributed by atoms with Gasteiger partial charge in [0.1, 0.15) is 5.84 Å². The van der Waals surface area contributed by atoms with Crippen LogP contribution in [0.25, 0.3) is 0 Å². The molecule has 2 aromatic rings. The van der Waals surface area contributed by atoms with Crippen LogP contribution in [0.5, 0.6) is 0 Å². The van der Waals surface area contributed by atoms with Gasteiger partial charge in [-0.05, 0) is 36.9 Å². The van der Waals surface area contributed by atoms with Gasteiger partial charge in [0.2, 0.25) is 0 Å². The maximum absolute atomic E-state index is 6.41. The van der Waals surface area contributed by atoms with E-state index in [0.717, 1.165) is 31.9 Å². The molecule has 0 saturated carbocycles. The van der Waals surface area contributed by atoms with E-state index in [1.54, 1.807) is 0 Å². The zero-order valence-electron chi connectivity index (χ0n) is 15.1. The van der Waals surface area contributed by atoms with Gasteiger partial charge in [-0.2, -0.15) is 0 Å². The third kappa shape index (κ3) is 4.14. The lowest BCUT2D eigenvalue weighted by Crippen LogP contribution is -2.45. The van der Waals surface area contributed by atoms with E-state index in [9.17, 15) is 0 Å². The number of aromatic nitrogens is 2. The largest absolute Gasteiger partial charge is 0.364 e. The first-order valence-electron chi connectivity index (χ1n) is 9.62. The summed E-state index contributed by atoms with van der Waals surface area (Å²) in [7, 11) is 0. The molecule has 4 rings (SSSR count). The predicted molar refractivity (Wildman–Crippen MR) is 104 cm³/mol. The molecule has 0 aliphatic carbocycles. The average Bonchev–Trinajstić information content (AvgIpc) is 3.35. The van der Waals surface area contributed by atoms with Gasteiger partial charge in [0.05, 0.1) is 25.0 Å². The van der Waals surface area contributed by atoms with Crippen LogP contribution in [0.2, 0.25) is 0 Å². The molecule has 0 spiro atoms. The van der Waals surface area contributed by atoms with E-state index in [0.29, 0.717) is 6.04 Å². The van der Waals surface area contributed by atoms with Crippen molar-refractivity contribution in [1.29, 1.82) is 0 Å². The van der Waals surface area contributed by atoms with Crippen molar-refractivity contribution in [3.05, 3.63) is 54.1 Å². The Morgan fingerprint density at radius 3 is 2.85 bits per heavy atom. The van der Waals surface area contributed by atoms with E-state index in [-0.39, 0.29) is 12.1 Å².